The lowest BCUT2D eigenvalue weighted by atomic mass is 9.97. The maximum atomic E-state index is 5.16. The molecule has 0 amide bonds. The summed E-state index contributed by atoms with van der Waals surface area (Å²) in [7, 11) is 0. The monoisotopic (exact) mass is 641 g/mol. The molecule has 0 fully saturated rings. The predicted octanol–water partition coefficient (Wildman–Crippen LogP) is 11.1. The van der Waals surface area contributed by atoms with E-state index in [1.807, 2.05) is 50.4 Å². The Kier molecular flexibility index (Phi) is 7.17. The number of aryl methyl sites for hydroxylation is 2. The third-order valence-electron chi connectivity index (χ3n) is 9.26. The minimum absolute atomic E-state index is 0.672. The van der Waals surface area contributed by atoms with Gasteiger partial charge in [0.1, 0.15) is 0 Å². The number of benzene rings is 5. The van der Waals surface area contributed by atoms with Crippen LogP contribution in [0.2, 0.25) is 0 Å². The number of hydrogen-bond acceptors (Lipinski definition) is 5. The molecule has 0 spiro atoms. The van der Waals surface area contributed by atoms with Crippen LogP contribution in [0.4, 0.5) is 0 Å². The summed E-state index contributed by atoms with van der Waals surface area (Å²) in [5, 5.41) is 3.29. The summed E-state index contributed by atoms with van der Waals surface area (Å²) in [6.45, 7) is 4.07. The molecule has 4 aromatic heterocycles. The van der Waals surface area contributed by atoms with Gasteiger partial charge in [-0.05, 0) is 60.9 Å². The van der Waals surface area contributed by atoms with E-state index in [1.54, 1.807) is 0 Å². The molecule has 50 heavy (non-hydrogen) atoms. The highest BCUT2D eigenvalue weighted by atomic mass is 14.9. The van der Waals surface area contributed by atoms with Crippen LogP contribution < -0.4 is 0 Å². The van der Waals surface area contributed by atoms with Crippen molar-refractivity contribution in [3.8, 4) is 56.2 Å². The molecule has 5 nitrogen and oxygen atoms in total. The van der Waals surface area contributed by atoms with E-state index in [4.69, 9.17) is 24.9 Å². The fourth-order valence-corrected chi connectivity index (χ4v) is 6.80. The third-order valence-corrected chi connectivity index (χ3v) is 9.26. The van der Waals surface area contributed by atoms with Gasteiger partial charge < -0.3 is 0 Å². The SMILES string of the molecule is Cc1ccc2ccc3c(-c4ccc(-c5cc(-c6ccccc6)nc(-c6cccc(-c7cccc8cccnc78)c6)n5)cc4)cc(C)nc3c2n1. The number of nitrogens with zero attached hydrogens (tertiary/aromatic N) is 5. The van der Waals surface area contributed by atoms with E-state index in [0.717, 1.165) is 94.4 Å². The summed E-state index contributed by atoms with van der Waals surface area (Å²) in [5.74, 6) is 0.672. The van der Waals surface area contributed by atoms with Crippen LogP contribution in [0.3, 0.4) is 0 Å². The minimum Gasteiger partial charge on any atom is -0.256 e. The molecule has 0 bridgehead atoms. The van der Waals surface area contributed by atoms with Crippen LogP contribution in [0.1, 0.15) is 11.4 Å². The van der Waals surface area contributed by atoms with Gasteiger partial charge >= 0.3 is 0 Å². The Morgan fingerprint density at radius 1 is 0.380 bits per heavy atom. The van der Waals surface area contributed by atoms with Crippen molar-refractivity contribution < 1.29 is 0 Å². The summed E-state index contributed by atoms with van der Waals surface area (Å²) in [5.41, 5.74) is 13.9. The molecule has 236 valence electrons. The molecule has 0 radical (unpaired) electrons. The number of rotatable bonds is 5. The van der Waals surface area contributed by atoms with Crippen molar-refractivity contribution in [1.82, 2.24) is 24.9 Å². The van der Waals surface area contributed by atoms with Gasteiger partial charge in [0, 0.05) is 56.0 Å². The lowest BCUT2D eigenvalue weighted by Gasteiger charge is -2.13. The summed E-state index contributed by atoms with van der Waals surface area (Å²) in [6.07, 6.45) is 1.85. The van der Waals surface area contributed by atoms with Crippen molar-refractivity contribution in [2.24, 2.45) is 0 Å². The Morgan fingerprint density at radius 3 is 1.88 bits per heavy atom. The number of pyridine rings is 3. The molecule has 5 heteroatoms. The lowest BCUT2D eigenvalue weighted by molar-refractivity contribution is 1.18. The van der Waals surface area contributed by atoms with Crippen LogP contribution in [0.25, 0.3) is 88.9 Å². The molecule has 0 saturated carbocycles. The van der Waals surface area contributed by atoms with E-state index in [0.29, 0.717) is 5.82 Å². The van der Waals surface area contributed by atoms with Crippen LogP contribution in [-0.2, 0) is 0 Å². The van der Waals surface area contributed by atoms with E-state index in [9.17, 15) is 0 Å². The van der Waals surface area contributed by atoms with Gasteiger partial charge in [-0.15, -0.1) is 0 Å². The molecule has 0 aliphatic carbocycles. The largest absolute Gasteiger partial charge is 0.256 e. The zero-order valence-electron chi connectivity index (χ0n) is 27.7. The first-order valence-electron chi connectivity index (χ1n) is 16.7. The number of para-hydroxylation sites is 1. The molecule has 5 aromatic carbocycles. The zero-order chi connectivity index (χ0) is 33.6. The van der Waals surface area contributed by atoms with Crippen molar-refractivity contribution in [2.75, 3.05) is 0 Å². The van der Waals surface area contributed by atoms with Crippen molar-refractivity contribution >= 4 is 32.7 Å². The molecule has 0 saturated heterocycles. The maximum Gasteiger partial charge on any atom is 0.160 e. The van der Waals surface area contributed by atoms with Crippen molar-refractivity contribution in [1.29, 1.82) is 0 Å². The van der Waals surface area contributed by atoms with Crippen LogP contribution in [0.15, 0.2) is 152 Å². The molecule has 9 rings (SSSR count). The van der Waals surface area contributed by atoms with Crippen LogP contribution in [0, 0.1) is 13.8 Å². The fraction of sp³-hybridized carbons (Fsp3) is 0.0444. The predicted molar refractivity (Wildman–Crippen MR) is 205 cm³/mol. The van der Waals surface area contributed by atoms with Gasteiger partial charge in [-0.3, -0.25) is 15.0 Å². The molecule has 9 aromatic rings. The van der Waals surface area contributed by atoms with Crippen LogP contribution in [-0.4, -0.2) is 24.9 Å². The van der Waals surface area contributed by atoms with E-state index in [-0.39, 0.29) is 0 Å². The van der Waals surface area contributed by atoms with E-state index >= 15 is 0 Å². The third kappa shape index (κ3) is 5.35. The molecular formula is C45H31N5. The first-order valence-corrected chi connectivity index (χ1v) is 16.7. The standard InChI is InChI=1S/C45H31N5/c1-28-16-17-34-22-23-38-39(25-29(2)48-44(38)43(34)47-28)30-18-20-32(21-19-30)41-27-40(31-9-4-3-5-10-31)49-45(50-41)36-13-6-12-35(26-36)37-15-7-11-33-14-8-24-46-42(33)37/h3-27H,1-2H3. The first-order chi connectivity index (χ1) is 24.6. The molecule has 0 atom stereocenters. The second-order valence-corrected chi connectivity index (χ2v) is 12.7. The van der Waals surface area contributed by atoms with Crippen LogP contribution >= 0.6 is 0 Å². The Balaban J connectivity index is 1.15. The molecular weight excluding hydrogens is 611 g/mol. The topological polar surface area (TPSA) is 64.5 Å². The number of aromatic nitrogens is 5. The molecule has 0 aliphatic heterocycles. The van der Waals surface area contributed by atoms with Gasteiger partial charge in [-0.25, -0.2) is 9.97 Å². The van der Waals surface area contributed by atoms with E-state index in [1.165, 1.54) is 0 Å². The van der Waals surface area contributed by atoms with Gasteiger partial charge in [0.25, 0.3) is 0 Å². The fourth-order valence-electron chi connectivity index (χ4n) is 6.80. The zero-order valence-corrected chi connectivity index (χ0v) is 27.7. The summed E-state index contributed by atoms with van der Waals surface area (Å²) in [4.78, 5) is 24.7. The lowest BCUT2D eigenvalue weighted by Crippen LogP contribution is -1.96. The van der Waals surface area contributed by atoms with Gasteiger partial charge in [0.2, 0.25) is 0 Å². The second kappa shape index (κ2) is 12.1. The second-order valence-electron chi connectivity index (χ2n) is 12.7. The minimum atomic E-state index is 0.672. The highest BCUT2D eigenvalue weighted by molar-refractivity contribution is 6.08. The Hall–Kier alpha value is -6.59. The smallest absolute Gasteiger partial charge is 0.160 e. The first kappa shape index (κ1) is 29.5. The van der Waals surface area contributed by atoms with E-state index < -0.39 is 0 Å². The number of hydrogen-bond donors (Lipinski definition) is 0. The van der Waals surface area contributed by atoms with Crippen molar-refractivity contribution in [3.63, 3.8) is 0 Å². The van der Waals surface area contributed by atoms with Crippen molar-refractivity contribution in [3.05, 3.63) is 163 Å². The van der Waals surface area contributed by atoms with Gasteiger partial charge in [-0.2, -0.15) is 0 Å². The van der Waals surface area contributed by atoms with Gasteiger partial charge in [0.15, 0.2) is 5.82 Å². The van der Waals surface area contributed by atoms with Crippen LogP contribution in [0.5, 0.6) is 0 Å². The quantitative estimate of drug-likeness (QED) is 0.175. The maximum absolute atomic E-state index is 5.16. The highest BCUT2D eigenvalue weighted by Gasteiger charge is 2.15. The Bertz CT molecular complexity index is 2710. The average molecular weight is 642 g/mol. The summed E-state index contributed by atoms with van der Waals surface area (Å²) < 4.78 is 0. The molecule has 0 N–H and O–H groups in total. The Labute approximate surface area is 290 Å². The molecule has 4 heterocycles. The Morgan fingerprint density at radius 2 is 1.04 bits per heavy atom. The van der Waals surface area contributed by atoms with Gasteiger partial charge in [-0.1, -0.05) is 115 Å². The van der Waals surface area contributed by atoms with E-state index in [2.05, 4.69) is 115 Å². The van der Waals surface area contributed by atoms with Crippen molar-refractivity contribution in [2.45, 2.75) is 13.8 Å². The highest BCUT2D eigenvalue weighted by Crippen LogP contribution is 2.35. The normalized spacial score (nSPS) is 11.4. The molecule has 0 unspecified atom stereocenters. The molecule has 0 aliphatic rings. The number of fused-ring (bicyclic) bond motifs is 4. The van der Waals surface area contributed by atoms with Gasteiger partial charge in [0.05, 0.1) is 27.9 Å². The average Bonchev–Trinajstić information content (AvgIpc) is 3.17. The summed E-state index contributed by atoms with van der Waals surface area (Å²) in [6, 6.07) is 50.5. The summed E-state index contributed by atoms with van der Waals surface area (Å²) >= 11 is 0.